The number of hydrogen-bond acceptors (Lipinski definition) is 6. The summed E-state index contributed by atoms with van der Waals surface area (Å²) in [5.74, 6) is -2.86. The average Bonchev–Trinajstić information content (AvgIpc) is 2.60. The standard InChI is InChI=1S/C16H22N6O5/c1-22(8-14(18)25)16(27)12(5-10-3-2-4-19-7-10)21-15(26)11(20-9-23)6-13(17)24/h2-4,7,9,11-12H,5-6,8H2,1H3,(H2,17,24)(H2,18,25)(H,20,23)(H,21,26)/t11-,12-/m0/s1. The van der Waals surface area contributed by atoms with E-state index < -0.39 is 42.1 Å². The van der Waals surface area contributed by atoms with Gasteiger partial charge in [-0.15, -0.1) is 0 Å². The number of carbonyl (C=O) groups is 5. The van der Waals surface area contributed by atoms with Crippen molar-refractivity contribution in [3.05, 3.63) is 30.1 Å². The molecule has 0 fully saturated rings. The minimum absolute atomic E-state index is 0.0753. The molecule has 0 bridgehead atoms. The summed E-state index contributed by atoms with van der Waals surface area (Å²) in [7, 11) is 1.36. The first-order chi connectivity index (χ1) is 12.7. The topological polar surface area (TPSA) is 178 Å². The Hall–Kier alpha value is -3.50. The molecule has 0 spiro atoms. The summed E-state index contributed by atoms with van der Waals surface area (Å²) in [5.41, 5.74) is 10.8. The van der Waals surface area contributed by atoms with Crippen LogP contribution in [0.1, 0.15) is 12.0 Å². The minimum Gasteiger partial charge on any atom is -0.370 e. The van der Waals surface area contributed by atoms with Crippen LogP contribution < -0.4 is 22.1 Å². The zero-order valence-corrected chi connectivity index (χ0v) is 14.8. The molecule has 1 aromatic rings. The van der Waals surface area contributed by atoms with Gasteiger partial charge in [0, 0.05) is 25.9 Å². The van der Waals surface area contributed by atoms with E-state index in [2.05, 4.69) is 15.6 Å². The molecule has 0 aromatic carbocycles. The second kappa shape index (κ2) is 10.5. The lowest BCUT2D eigenvalue weighted by Crippen LogP contribution is -2.55. The summed E-state index contributed by atoms with van der Waals surface area (Å²) in [5, 5.41) is 4.65. The van der Waals surface area contributed by atoms with E-state index in [1.165, 1.54) is 13.2 Å². The van der Waals surface area contributed by atoms with Gasteiger partial charge in [0.1, 0.15) is 12.1 Å². The number of pyridine rings is 1. The predicted molar refractivity (Wildman–Crippen MR) is 93.5 cm³/mol. The number of aromatic nitrogens is 1. The Labute approximate surface area is 155 Å². The Morgan fingerprint density at radius 1 is 1.22 bits per heavy atom. The van der Waals surface area contributed by atoms with Gasteiger partial charge < -0.3 is 27.0 Å². The van der Waals surface area contributed by atoms with Crippen molar-refractivity contribution in [2.75, 3.05) is 13.6 Å². The van der Waals surface area contributed by atoms with Gasteiger partial charge in [-0.05, 0) is 11.6 Å². The maximum atomic E-state index is 12.6. The van der Waals surface area contributed by atoms with Crippen molar-refractivity contribution in [3.63, 3.8) is 0 Å². The summed E-state index contributed by atoms with van der Waals surface area (Å²) in [6.45, 7) is -0.338. The molecule has 1 heterocycles. The molecule has 0 saturated carbocycles. The monoisotopic (exact) mass is 378 g/mol. The lowest BCUT2D eigenvalue weighted by Gasteiger charge is -2.25. The van der Waals surface area contributed by atoms with Crippen LogP contribution in [-0.4, -0.2) is 65.6 Å². The fourth-order valence-corrected chi connectivity index (χ4v) is 2.32. The van der Waals surface area contributed by atoms with Crippen molar-refractivity contribution in [2.24, 2.45) is 11.5 Å². The van der Waals surface area contributed by atoms with E-state index in [-0.39, 0.29) is 19.4 Å². The van der Waals surface area contributed by atoms with Crippen molar-refractivity contribution in [1.29, 1.82) is 0 Å². The quantitative estimate of drug-likeness (QED) is 0.299. The molecular formula is C16H22N6O5. The van der Waals surface area contributed by atoms with E-state index in [9.17, 15) is 24.0 Å². The largest absolute Gasteiger partial charge is 0.370 e. The third-order valence-electron chi connectivity index (χ3n) is 3.54. The SMILES string of the molecule is CN(CC(N)=O)C(=O)[C@H](Cc1cccnc1)NC(=O)[C@H](CC(N)=O)NC=O. The molecule has 11 nitrogen and oxygen atoms in total. The predicted octanol–water partition coefficient (Wildman–Crippen LogP) is -2.96. The molecule has 5 amide bonds. The van der Waals surface area contributed by atoms with E-state index >= 15 is 0 Å². The third kappa shape index (κ3) is 7.50. The van der Waals surface area contributed by atoms with Crippen molar-refractivity contribution in [2.45, 2.75) is 24.9 Å². The van der Waals surface area contributed by atoms with Crippen molar-refractivity contribution in [1.82, 2.24) is 20.5 Å². The van der Waals surface area contributed by atoms with Gasteiger partial charge in [0.15, 0.2) is 0 Å². The Morgan fingerprint density at radius 2 is 1.93 bits per heavy atom. The first kappa shape index (κ1) is 21.5. The van der Waals surface area contributed by atoms with E-state index in [0.29, 0.717) is 5.56 Å². The number of nitrogens with zero attached hydrogens (tertiary/aromatic N) is 2. The first-order valence-corrected chi connectivity index (χ1v) is 7.95. The molecule has 0 aliphatic heterocycles. The molecule has 0 unspecified atom stereocenters. The highest BCUT2D eigenvalue weighted by Crippen LogP contribution is 2.05. The summed E-state index contributed by atoms with van der Waals surface area (Å²) in [4.78, 5) is 62.8. The molecule has 2 atom stereocenters. The number of primary amides is 2. The summed E-state index contributed by atoms with van der Waals surface area (Å²) in [6.07, 6.45) is 2.96. The highest BCUT2D eigenvalue weighted by Gasteiger charge is 2.29. The van der Waals surface area contributed by atoms with Crippen LogP contribution >= 0.6 is 0 Å². The van der Waals surface area contributed by atoms with E-state index in [0.717, 1.165) is 4.90 Å². The third-order valence-corrected chi connectivity index (χ3v) is 3.54. The van der Waals surface area contributed by atoms with Crippen LogP contribution in [0.15, 0.2) is 24.5 Å². The molecule has 0 aliphatic rings. The van der Waals surface area contributed by atoms with Gasteiger partial charge in [-0.1, -0.05) is 6.07 Å². The normalized spacial score (nSPS) is 12.3. The number of likely N-dealkylation sites (N-methyl/N-ethyl adjacent to an activating group) is 1. The summed E-state index contributed by atoms with van der Waals surface area (Å²) >= 11 is 0. The van der Waals surface area contributed by atoms with Gasteiger partial charge in [0.05, 0.1) is 13.0 Å². The molecular weight excluding hydrogens is 356 g/mol. The average molecular weight is 378 g/mol. The number of nitrogens with one attached hydrogen (secondary N) is 2. The maximum absolute atomic E-state index is 12.6. The van der Waals surface area contributed by atoms with E-state index in [1.54, 1.807) is 18.3 Å². The number of carbonyl (C=O) groups excluding carboxylic acids is 5. The molecule has 0 radical (unpaired) electrons. The summed E-state index contributed by atoms with van der Waals surface area (Å²) in [6, 6.07) is 1.06. The number of amides is 5. The smallest absolute Gasteiger partial charge is 0.245 e. The highest BCUT2D eigenvalue weighted by molar-refractivity contribution is 5.94. The second-order valence-electron chi connectivity index (χ2n) is 5.79. The molecule has 27 heavy (non-hydrogen) atoms. The van der Waals surface area contributed by atoms with Gasteiger partial charge in [-0.2, -0.15) is 0 Å². The van der Waals surface area contributed by atoms with Crippen LogP contribution in [-0.2, 0) is 30.4 Å². The zero-order chi connectivity index (χ0) is 20.4. The van der Waals surface area contributed by atoms with E-state index in [4.69, 9.17) is 11.5 Å². The van der Waals surface area contributed by atoms with Crippen LogP contribution in [0.25, 0.3) is 0 Å². The molecule has 0 aliphatic carbocycles. The van der Waals surface area contributed by atoms with Gasteiger partial charge >= 0.3 is 0 Å². The summed E-state index contributed by atoms with van der Waals surface area (Å²) < 4.78 is 0. The molecule has 11 heteroatoms. The van der Waals surface area contributed by atoms with Gasteiger partial charge in [0.25, 0.3) is 0 Å². The minimum atomic E-state index is -1.23. The van der Waals surface area contributed by atoms with Crippen LogP contribution in [0, 0.1) is 0 Å². The highest BCUT2D eigenvalue weighted by atomic mass is 16.2. The maximum Gasteiger partial charge on any atom is 0.245 e. The lowest BCUT2D eigenvalue weighted by atomic mass is 10.1. The van der Waals surface area contributed by atoms with Crippen molar-refractivity contribution in [3.8, 4) is 0 Å². The zero-order valence-electron chi connectivity index (χ0n) is 14.8. The Morgan fingerprint density at radius 3 is 2.44 bits per heavy atom. The first-order valence-electron chi connectivity index (χ1n) is 7.95. The Bertz CT molecular complexity index is 696. The van der Waals surface area contributed by atoms with Gasteiger partial charge in [-0.3, -0.25) is 29.0 Å². The number of rotatable bonds is 11. The van der Waals surface area contributed by atoms with Crippen LogP contribution in [0.3, 0.4) is 0 Å². The second-order valence-corrected chi connectivity index (χ2v) is 5.79. The van der Waals surface area contributed by atoms with Crippen molar-refractivity contribution >= 4 is 30.0 Å². The molecule has 1 rings (SSSR count). The fraction of sp³-hybridized carbons (Fsp3) is 0.375. The van der Waals surface area contributed by atoms with Crippen LogP contribution in [0.4, 0.5) is 0 Å². The Kier molecular flexibility index (Phi) is 8.36. The van der Waals surface area contributed by atoms with Crippen molar-refractivity contribution < 1.29 is 24.0 Å². The van der Waals surface area contributed by atoms with Crippen LogP contribution in [0.5, 0.6) is 0 Å². The molecule has 1 aromatic heterocycles. The number of nitrogens with two attached hydrogens (primary N) is 2. The van der Waals surface area contributed by atoms with E-state index in [1.807, 2.05) is 0 Å². The van der Waals surface area contributed by atoms with Crippen LogP contribution in [0.2, 0.25) is 0 Å². The number of hydrogen-bond donors (Lipinski definition) is 4. The van der Waals surface area contributed by atoms with Gasteiger partial charge in [0.2, 0.25) is 30.0 Å². The molecule has 6 N–H and O–H groups in total. The Balaban J connectivity index is 2.99. The fourth-order valence-electron chi connectivity index (χ4n) is 2.32. The molecule has 0 saturated heterocycles. The lowest BCUT2D eigenvalue weighted by molar-refractivity contribution is -0.138. The molecule has 146 valence electrons. The van der Waals surface area contributed by atoms with Gasteiger partial charge in [-0.25, -0.2) is 0 Å².